The highest BCUT2D eigenvalue weighted by Crippen LogP contribution is 2.24. The Balaban J connectivity index is 1.70. The van der Waals surface area contributed by atoms with E-state index in [4.69, 9.17) is 21.1 Å². The molecule has 0 saturated heterocycles. The van der Waals surface area contributed by atoms with Crippen LogP contribution in [0.4, 0.5) is 10.1 Å². The number of ether oxygens (including phenoxy) is 2. The van der Waals surface area contributed by atoms with Crippen molar-refractivity contribution in [2.75, 3.05) is 11.9 Å². The molecule has 0 aliphatic carbocycles. The number of anilines is 1. The minimum absolute atomic E-state index is 0.332. The Hall–Kier alpha value is -3.38. The first-order chi connectivity index (χ1) is 14.0. The van der Waals surface area contributed by atoms with Crippen molar-refractivity contribution in [1.29, 1.82) is 0 Å². The van der Waals surface area contributed by atoms with Crippen LogP contribution in [0.15, 0.2) is 78.9 Å². The third-order valence-corrected chi connectivity index (χ3v) is 4.20. The fourth-order valence-electron chi connectivity index (χ4n) is 2.51. The number of nitrogens with one attached hydrogen (secondary N) is 1. The standard InChI is InChI=1S/C22H17ClFNO4/c23-18-8-4-5-9-19(18)28-14-20(26)29-21(15-6-2-1-3-7-15)22(27)25-17-12-10-16(24)11-13-17/h1-13,21H,14H2,(H,25,27)/t21-/m0/s1. The van der Waals surface area contributed by atoms with Crippen LogP contribution in [-0.4, -0.2) is 18.5 Å². The number of esters is 1. The summed E-state index contributed by atoms with van der Waals surface area (Å²) in [6.07, 6.45) is -1.21. The summed E-state index contributed by atoms with van der Waals surface area (Å²) in [6.45, 7) is -0.420. The number of para-hydroxylation sites is 1. The predicted molar refractivity (Wildman–Crippen MR) is 107 cm³/mol. The second-order valence-electron chi connectivity index (χ2n) is 6.00. The molecule has 3 aromatic carbocycles. The third-order valence-electron chi connectivity index (χ3n) is 3.88. The molecule has 0 spiro atoms. The highest BCUT2D eigenvalue weighted by Gasteiger charge is 2.25. The van der Waals surface area contributed by atoms with Gasteiger partial charge in [0, 0.05) is 11.3 Å². The second-order valence-corrected chi connectivity index (χ2v) is 6.40. The highest BCUT2D eigenvalue weighted by atomic mass is 35.5. The van der Waals surface area contributed by atoms with Gasteiger partial charge in [0.25, 0.3) is 5.91 Å². The number of amides is 1. The number of carbonyl (C=O) groups is 2. The average Bonchev–Trinajstić information content (AvgIpc) is 2.73. The maximum Gasteiger partial charge on any atom is 0.345 e. The van der Waals surface area contributed by atoms with E-state index < -0.39 is 30.4 Å². The zero-order chi connectivity index (χ0) is 20.6. The molecule has 1 N–H and O–H groups in total. The van der Waals surface area contributed by atoms with Crippen molar-refractivity contribution < 1.29 is 23.5 Å². The van der Waals surface area contributed by atoms with Crippen LogP contribution in [0.3, 0.4) is 0 Å². The third kappa shape index (κ3) is 5.80. The smallest absolute Gasteiger partial charge is 0.345 e. The molecule has 29 heavy (non-hydrogen) atoms. The SMILES string of the molecule is O=C(COc1ccccc1Cl)O[C@H](C(=O)Nc1ccc(F)cc1)c1ccccc1. The molecule has 0 aliphatic heterocycles. The van der Waals surface area contributed by atoms with Crippen molar-refractivity contribution in [1.82, 2.24) is 0 Å². The Morgan fingerprint density at radius 2 is 1.59 bits per heavy atom. The summed E-state index contributed by atoms with van der Waals surface area (Å²) < 4.78 is 23.8. The molecule has 0 heterocycles. The summed E-state index contributed by atoms with van der Waals surface area (Å²) in [6, 6.07) is 20.5. The summed E-state index contributed by atoms with van der Waals surface area (Å²) in [5.74, 6) is -1.41. The van der Waals surface area contributed by atoms with Crippen LogP contribution in [0.2, 0.25) is 5.02 Å². The zero-order valence-electron chi connectivity index (χ0n) is 15.2. The maximum atomic E-state index is 13.1. The minimum Gasteiger partial charge on any atom is -0.480 e. The molecule has 5 nitrogen and oxygen atoms in total. The molecular formula is C22H17ClFNO4. The zero-order valence-corrected chi connectivity index (χ0v) is 15.9. The normalized spacial score (nSPS) is 11.4. The fraction of sp³-hybridized carbons (Fsp3) is 0.0909. The van der Waals surface area contributed by atoms with Crippen LogP contribution in [-0.2, 0) is 14.3 Å². The van der Waals surface area contributed by atoms with Gasteiger partial charge in [-0.25, -0.2) is 9.18 Å². The van der Waals surface area contributed by atoms with Gasteiger partial charge < -0.3 is 14.8 Å². The van der Waals surface area contributed by atoms with Gasteiger partial charge in [0.2, 0.25) is 6.10 Å². The molecule has 148 valence electrons. The Labute approximate surface area is 172 Å². The molecule has 0 radical (unpaired) electrons. The summed E-state index contributed by atoms with van der Waals surface area (Å²) >= 11 is 5.99. The minimum atomic E-state index is -1.21. The van der Waals surface area contributed by atoms with Gasteiger partial charge in [0.05, 0.1) is 5.02 Å². The molecule has 1 amide bonds. The van der Waals surface area contributed by atoms with Crippen molar-refractivity contribution >= 4 is 29.2 Å². The van der Waals surface area contributed by atoms with Crippen molar-refractivity contribution in [2.24, 2.45) is 0 Å². The topological polar surface area (TPSA) is 64.6 Å². The fourth-order valence-corrected chi connectivity index (χ4v) is 2.70. The van der Waals surface area contributed by atoms with E-state index in [0.29, 0.717) is 22.0 Å². The van der Waals surface area contributed by atoms with Crippen molar-refractivity contribution in [3.63, 3.8) is 0 Å². The van der Waals surface area contributed by atoms with Crippen LogP contribution < -0.4 is 10.1 Å². The highest BCUT2D eigenvalue weighted by molar-refractivity contribution is 6.32. The Bertz CT molecular complexity index is 980. The number of rotatable bonds is 7. The monoisotopic (exact) mass is 413 g/mol. The first kappa shape index (κ1) is 20.4. The lowest BCUT2D eigenvalue weighted by atomic mass is 10.1. The Morgan fingerprint density at radius 3 is 2.28 bits per heavy atom. The summed E-state index contributed by atoms with van der Waals surface area (Å²) in [7, 11) is 0. The molecule has 0 fully saturated rings. The molecular weight excluding hydrogens is 397 g/mol. The van der Waals surface area contributed by atoms with Gasteiger partial charge in [-0.15, -0.1) is 0 Å². The Morgan fingerprint density at radius 1 is 0.931 bits per heavy atom. The molecule has 0 aromatic heterocycles. The van der Waals surface area contributed by atoms with Gasteiger partial charge in [0.1, 0.15) is 11.6 Å². The number of benzene rings is 3. The average molecular weight is 414 g/mol. The van der Waals surface area contributed by atoms with E-state index in [1.807, 2.05) is 0 Å². The van der Waals surface area contributed by atoms with E-state index in [1.165, 1.54) is 24.3 Å². The Kier molecular flexibility index (Phi) is 6.81. The van der Waals surface area contributed by atoms with Gasteiger partial charge >= 0.3 is 5.97 Å². The van der Waals surface area contributed by atoms with Crippen molar-refractivity contribution in [2.45, 2.75) is 6.10 Å². The van der Waals surface area contributed by atoms with Gasteiger partial charge in [-0.05, 0) is 36.4 Å². The van der Waals surface area contributed by atoms with Crippen LogP contribution in [0, 0.1) is 5.82 Å². The van der Waals surface area contributed by atoms with Gasteiger partial charge in [-0.2, -0.15) is 0 Å². The van der Waals surface area contributed by atoms with E-state index >= 15 is 0 Å². The van der Waals surface area contributed by atoms with Crippen LogP contribution in [0.1, 0.15) is 11.7 Å². The van der Waals surface area contributed by atoms with Crippen molar-refractivity contribution in [3.8, 4) is 5.75 Å². The van der Waals surface area contributed by atoms with Crippen LogP contribution in [0.25, 0.3) is 0 Å². The lowest BCUT2D eigenvalue weighted by Crippen LogP contribution is -2.28. The number of halogens is 2. The number of hydrogen-bond donors (Lipinski definition) is 1. The van der Waals surface area contributed by atoms with Gasteiger partial charge in [-0.1, -0.05) is 54.1 Å². The lowest BCUT2D eigenvalue weighted by Gasteiger charge is -2.18. The van der Waals surface area contributed by atoms with E-state index in [9.17, 15) is 14.0 Å². The molecule has 7 heteroatoms. The van der Waals surface area contributed by atoms with Gasteiger partial charge in [-0.3, -0.25) is 4.79 Å². The van der Waals surface area contributed by atoms with Crippen molar-refractivity contribution in [3.05, 3.63) is 95.3 Å². The first-order valence-electron chi connectivity index (χ1n) is 8.71. The first-order valence-corrected chi connectivity index (χ1v) is 9.09. The van der Waals surface area contributed by atoms with Crippen LogP contribution >= 0.6 is 11.6 Å². The molecule has 3 rings (SSSR count). The molecule has 1 atom stereocenters. The van der Waals surface area contributed by atoms with E-state index in [0.717, 1.165) is 0 Å². The molecule has 0 saturated carbocycles. The maximum absolute atomic E-state index is 13.1. The molecule has 0 aliphatic rings. The molecule has 3 aromatic rings. The molecule has 0 bridgehead atoms. The molecule has 0 unspecified atom stereocenters. The van der Waals surface area contributed by atoms with E-state index in [1.54, 1.807) is 54.6 Å². The summed E-state index contributed by atoms with van der Waals surface area (Å²) in [4.78, 5) is 25.0. The quantitative estimate of drug-likeness (QED) is 0.566. The number of carbonyl (C=O) groups excluding carboxylic acids is 2. The van der Waals surface area contributed by atoms with Crippen LogP contribution in [0.5, 0.6) is 5.75 Å². The van der Waals surface area contributed by atoms with E-state index in [-0.39, 0.29) is 0 Å². The predicted octanol–water partition coefficient (Wildman–Crippen LogP) is 4.78. The lowest BCUT2D eigenvalue weighted by molar-refractivity contribution is -0.156. The van der Waals surface area contributed by atoms with Gasteiger partial charge in [0.15, 0.2) is 6.61 Å². The second kappa shape index (κ2) is 9.71. The summed E-state index contributed by atoms with van der Waals surface area (Å²) in [5.41, 5.74) is 0.860. The number of hydrogen-bond acceptors (Lipinski definition) is 4. The van der Waals surface area contributed by atoms with E-state index in [2.05, 4.69) is 5.32 Å². The largest absolute Gasteiger partial charge is 0.480 e. The summed E-state index contributed by atoms with van der Waals surface area (Å²) in [5, 5.41) is 2.97.